The van der Waals surface area contributed by atoms with Crippen molar-refractivity contribution in [3.8, 4) is 6.07 Å². The number of hydrogen-bond donors (Lipinski definition) is 0. The first-order chi connectivity index (χ1) is 11.0. The van der Waals surface area contributed by atoms with E-state index in [-0.39, 0.29) is 11.7 Å². The molecule has 5 nitrogen and oxygen atoms in total. The Morgan fingerprint density at radius 2 is 1.62 bits per heavy atom. The van der Waals surface area contributed by atoms with Crippen molar-refractivity contribution in [3.63, 3.8) is 0 Å². The quantitative estimate of drug-likeness (QED) is 0.764. The molecule has 0 amide bonds. The SMILES string of the molecule is CC1OB(c2sc(B3OC(C)(C)C(C)(C)O3)cc2C#N)OC1(C)C. The van der Waals surface area contributed by atoms with Crippen LogP contribution in [0.4, 0.5) is 0 Å². The topological polar surface area (TPSA) is 60.7 Å². The minimum atomic E-state index is -0.522. The van der Waals surface area contributed by atoms with Gasteiger partial charge in [-0.3, -0.25) is 0 Å². The van der Waals surface area contributed by atoms with E-state index in [2.05, 4.69) is 6.07 Å². The third-order valence-electron chi connectivity index (χ3n) is 5.32. The van der Waals surface area contributed by atoms with E-state index in [0.717, 1.165) is 9.55 Å². The van der Waals surface area contributed by atoms with Crippen LogP contribution in [0, 0.1) is 11.3 Å². The number of nitriles is 1. The molecule has 0 N–H and O–H groups in total. The van der Waals surface area contributed by atoms with E-state index in [0.29, 0.717) is 5.56 Å². The molecule has 2 aliphatic heterocycles. The van der Waals surface area contributed by atoms with Crippen LogP contribution in [0.5, 0.6) is 0 Å². The lowest BCUT2D eigenvalue weighted by Gasteiger charge is -2.32. The Bertz CT molecular complexity index is 679. The molecule has 128 valence electrons. The second-order valence-corrected chi connectivity index (χ2v) is 9.07. The molecule has 1 unspecified atom stereocenters. The van der Waals surface area contributed by atoms with Gasteiger partial charge in [-0.05, 0) is 54.5 Å². The van der Waals surface area contributed by atoms with Crippen molar-refractivity contribution in [2.75, 3.05) is 0 Å². The zero-order chi connectivity index (χ0) is 17.9. The van der Waals surface area contributed by atoms with Gasteiger partial charge < -0.3 is 18.6 Å². The minimum absolute atomic E-state index is 0.0450. The van der Waals surface area contributed by atoms with Crippen molar-refractivity contribution in [1.82, 2.24) is 0 Å². The number of hydrogen-bond acceptors (Lipinski definition) is 6. The Labute approximate surface area is 148 Å². The van der Waals surface area contributed by atoms with Gasteiger partial charge in [0.1, 0.15) is 0 Å². The summed E-state index contributed by atoms with van der Waals surface area (Å²) in [4.78, 5) is 0. The van der Waals surface area contributed by atoms with Gasteiger partial charge in [-0.15, -0.1) is 0 Å². The summed E-state index contributed by atoms with van der Waals surface area (Å²) in [6.07, 6.45) is -0.0450. The molecule has 0 bridgehead atoms. The van der Waals surface area contributed by atoms with Gasteiger partial charge in [0.25, 0.3) is 0 Å². The summed E-state index contributed by atoms with van der Waals surface area (Å²) in [5.74, 6) is 0. The van der Waals surface area contributed by atoms with E-state index in [1.165, 1.54) is 11.3 Å². The van der Waals surface area contributed by atoms with Gasteiger partial charge in [-0.1, -0.05) is 0 Å². The average Bonchev–Trinajstić information content (AvgIpc) is 3.04. The fraction of sp³-hybridized carbons (Fsp3) is 0.688. The average molecular weight is 347 g/mol. The summed E-state index contributed by atoms with van der Waals surface area (Å²) in [5, 5.41) is 9.50. The molecule has 8 heteroatoms. The van der Waals surface area contributed by atoms with Crippen LogP contribution in [0.2, 0.25) is 0 Å². The summed E-state index contributed by atoms with van der Waals surface area (Å²) in [5.41, 5.74) is -0.650. The molecule has 0 spiro atoms. The number of rotatable bonds is 2. The van der Waals surface area contributed by atoms with Crippen LogP contribution in [0.15, 0.2) is 6.07 Å². The van der Waals surface area contributed by atoms with Crippen LogP contribution in [-0.2, 0) is 18.6 Å². The molecule has 2 aliphatic rings. The van der Waals surface area contributed by atoms with Crippen LogP contribution in [0.1, 0.15) is 54.0 Å². The van der Waals surface area contributed by atoms with Crippen molar-refractivity contribution in [1.29, 1.82) is 5.26 Å². The lowest BCUT2D eigenvalue weighted by molar-refractivity contribution is 0.00578. The van der Waals surface area contributed by atoms with Crippen LogP contribution in [-0.4, -0.2) is 37.1 Å². The van der Waals surface area contributed by atoms with E-state index in [1.54, 1.807) is 0 Å². The molecule has 1 atom stereocenters. The maximum atomic E-state index is 9.50. The molecule has 0 saturated carbocycles. The maximum absolute atomic E-state index is 9.50. The Hall–Kier alpha value is -0.840. The largest absolute Gasteiger partial charge is 0.506 e. The Balaban J connectivity index is 1.89. The van der Waals surface area contributed by atoms with Gasteiger partial charge in [-0.2, -0.15) is 16.6 Å². The minimum Gasteiger partial charge on any atom is -0.401 e. The highest BCUT2D eigenvalue weighted by Crippen LogP contribution is 2.37. The van der Waals surface area contributed by atoms with Crippen molar-refractivity contribution in [3.05, 3.63) is 11.6 Å². The van der Waals surface area contributed by atoms with Crippen LogP contribution < -0.4 is 9.55 Å². The van der Waals surface area contributed by atoms with Crippen molar-refractivity contribution in [2.24, 2.45) is 0 Å². The molecule has 0 aromatic carbocycles. The second-order valence-electron chi connectivity index (χ2n) is 7.96. The summed E-state index contributed by atoms with van der Waals surface area (Å²) in [7, 11) is -1.00. The summed E-state index contributed by atoms with van der Waals surface area (Å²) in [6.45, 7) is 14.0. The molecule has 0 radical (unpaired) electrons. The highest BCUT2D eigenvalue weighted by atomic mass is 32.1. The van der Waals surface area contributed by atoms with E-state index >= 15 is 0 Å². The van der Waals surface area contributed by atoms with Gasteiger partial charge in [0, 0.05) is 4.78 Å². The predicted molar refractivity (Wildman–Crippen MR) is 95.8 cm³/mol. The van der Waals surface area contributed by atoms with Gasteiger partial charge >= 0.3 is 14.2 Å². The predicted octanol–water partition coefficient (Wildman–Crippen LogP) is 1.83. The Morgan fingerprint density at radius 3 is 2.08 bits per heavy atom. The number of nitrogens with zero attached hydrogens (tertiary/aromatic N) is 1. The zero-order valence-electron chi connectivity index (χ0n) is 15.3. The molecular weight excluding hydrogens is 324 g/mol. The van der Waals surface area contributed by atoms with E-state index in [1.807, 2.05) is 54.5 Å². The number of thiophene rings is 1. The van der Waals surface area contributed by atoms with Crippen molar-refractivity contribution >= 4 is 35.1 Å². The maximum Gasteiger partial charge on any atom is 0.506 e. The zero-order valence-corrected chi connectivity index (χ0v) is 16.1. The van der Waals surface area contributed by atoms with Crippen molar-refractivity contribution in [2.45, 2.75) is 71.4 Å². The van der Waals surface area contributed by atoms with Gasteiger partial charge in [0.15, 0.2) is 0 Å². The molecule has 24 heavy (non-hydrogen) atoms. The lowest BCUT2D eigenvalue weighted by atomic mass is 9.83. The molecule has 2 saturated heterocycles. The lowest BCUT2D eigenvalue weighted by Crippen LogP contribution is -2.41. The first kappa shape index (κ1) is 18.0. The first-order valence-electron chi connectivity index (χ1n) is 8.19. The molecule has 1 aromatic rings. The monoisotopic (exact) mass is 347 g/mol. The van der Waals surface area contributed by atoms with Crippen LogP contribution >= 0.6 is 11.3 Å². The molecule has 0 aliphatic carbocycles. The van der Waals surface area contributed by atoms with E-state index in [4.69, 9.17) is 18.6 Å². The Morgan fingerprint density at radius 1 is 1.04 bits per heavy atom. The van der Waals surface area contributed by atoms with Crippen molar-refractivity contribution < 1.29 is 18.6 Å². The standard InChI is InChI=1S/C16H23B2NO4S/c1-10-14(2,3)21-18(20-10)13-11(9-19)8-12(24-13)17-22-15(4,5)16(6,7)23-17/h8,10H,1-7H3. The third kappa shape index (κ3) is 2.83. The smallest absolute Gasteiger partial charge is 0.401 e. The molecule has 3 rings (SSSR count). The third-order valence-corrected chi connectivity index (χ3v) is 6.50. The second kappa shape index (κ2) is 5.58. The first-order valence-corrected chi connectivity index (χ1v) is 9.01. The highest BCUT2D eigenvalue weighted by molar-refractivity contribution is 7.30. The summed E-state index contributed by atoms with van der Waals surface area (Å²) >= 11 is 1.46. The summed E-state index contributed by atoms with van der Waals surface area (Å²) < 4.78 is 25.7. The normalized spacial score (nSPS) is 27.5. The van der Waals surface area contributed by atoms with Crippen LogP contribution in [0.25, 0.3) is 0 Å². The van der Waals surface area contributed by atoms with Gasteiger partial charge in [-0.25, -0.2) is 0 Å². The molecule has 3 heterocycles. The molecular formula is C16H23B2NO4S. The van der Waals surface area contributed by atoms with E-state index in [9.17, 15) is 5.26 Å². The van der Waals surface area contributed by atoms with Gasteiger partial charge in [0.2, 0.25) is 0 Å². The fourth-order valence-corrected chi connectivity index (χ4v) is 3.66. The fourth-order valence-electron chi connectivity index (χ4n) is 2.63. The highest BCUT2D eigenvalue weighted by Gasteiger charge is 2.53. The molecule has 1 aromatic heterocycles. The Kier molecular flexibility index (Phi) is 4.18. The molecule has 2 fully saturated rings. The van der Waals surface area contributed by atoms with Crippen LogP contribution in [0.3, 0.4) is 0 Å². The summed E-state index contributed by atoms with van der Waals surface area (Å²) in [6, 6.07) is 4.06. The van der Waals surface area contributed by atoms with Gasteiger partial charge in [0.05, 0.1) is 39.3 Å². The van der Waals surface area contributed by atoms with E-state index < -0.39 is 25.4 Å².